The fourth-order valence-corrected chi connectivity index (χ4v) is 4.67. The molecule has 0 spiro atoms. The highest BCUT2D eigenvalue weighted by Crippen LogP contribution is 2.42. The Labute approximate surface area is 205 Å². The molecule has 7 nitrogen and oxygen atoms in total. The van der Waals surface area contributed by atoms with Crippen LogP contribution >= 0.6 is 0 Å². The molecule has 1 fully saturated rings. The number of halogens is 3. The second-order valence-electron chi connectivity index (χ2n) is 10.2. The van der Waals surface area contributed by atoms with E-state index in [2.05, 4.69) is 15.5 Å². The Morgan fingerprint density at radius 1 is 1.14 bits per heavy atom. The van der Waals surface area contributed by atoms with Crippen LogP contribution < -0.4 is 11.0 Å². The molecule has 1 atom stereocenters. The maximum atomic E-state index is 15.3. The number of nitrogens with one attached hydrogen (secondary N) is 1. The molecule has 1 aliphatic rings. The Balaban J connectivity index is 1.61. The molecule has 10 heteroatoms. The second kappa shape index (κ2) is 8.06. The molecule has 4 aromatic rings. The summed E-state index contributed by atoms with van der Waals surface area (Å²) in [5.74, 6) is -4.54. The summed E-state index contributed by atoms with van der Waals surface area (Å²) in [6.07, 6.45) is 1.88. The number of alkyl halides is 2. The summed E-state index contributed by atoms with van der Waals surface area (Å²) < 4.78 is 48.3. The van der Waals surface area contributed by atoms with Crippen LogP contribution in [-0.4, -0.2) is 30.0 Å². The SMILES string of the molecule is Cc1nnc(N[C@H](C)c2cccc(C(F)(F)C(C)(C)O)c2F)c2cc3c(cc12)n(C)c(=O)n3C1CC1. The van der Waals surface area contributed by atoms with Gasteiger partial charge in [-0.25, -0.2) is 9.18 Å². The quantitative estimate of drug-likeness (QED) is 0.386. The number of fused-ring (bicyclic) bond motifs is 2. The van der Waals surface area contributed by atoms with Crippen molar-refractivity contribution < 1.29 is 18.3 Å². The van der Waals surface area contributed by atoms with Crippen LogP contribution in [0.15, 0.2) is 35.1 Å². The molecule has 0 aliphatic heterocycles. The van der Waals surface area contributed by atoms with E-state index in [1.807, 2.05) is 19.1 Å². The minimum Gasteiger partial charge on any atom is -0.384 e. The van der Waals surface area contributed by atoms with Gasteiger partial charge >= 0.3 is 11.6 Å². The minimum atomic E-state index is -3.80. The maximum absolute atomic E-state index is 15.3. The summed E-state index contributed by atoms with van der Waals surface area (Å²) >= 11 is 0. The molecule has 2 heterocycles. The van der Waals surface area contributed by atoms with E-state index in [1.165, 1.54) is 12.1 Å². The van der Waals surface area contributed by atoms with E-state index in [9.17, 15) is 18.7 Å². The fourth-order valence-electron chi connectivity index (χ4n) is 4.67. The van der Waals surface area contributed by atoms with Crippen LogP contribution in [0, 0.1) is 12.7 Å². The molecular weight excluding hydrogens is 471 g/mol. The molecule has 2 aromatic carbocycles. The van der Waals surface area contributed by atoms with Crippen molar-refractivity contribution in [2.24, 2.45) is 7.05 Å². The first-order chi connectivity index (χ1) is 16.8. The third-order valence-corrected chi connectivity index (χ3v) is 7.04. The molecule has 2 N–H and O–H groups in total. The highest BCUT2D eigenvalue weighted by Gasteiger charge is 2.49. The van der Waals surface area contributed by atoms with Gasteiger partial charge in [0, 0.05) is 29.4 Å². The summed E-state index contributed by atoms with van der Waals surface area (Å²) in [7, 11) is 1.74. The number of aliphatic hydroxyl groups is 1. The number of rotatable bonds is 6. The molecule has 36 heavy (non-hydrogen) atoms. The molecule has 1 aliphatic carbocycles. The molecule has 0 saturated heterocycles. The lowest BCUT2D eigenvalue weighted by Gasteiger charge is -2.30. The number of hydrogen-bond acceptors (Lipinski definition) is 5. The summed E-state index contributed by atoms with van der Waals surface area (Å²) in [6, 6.07) is 6.94. The number of imidazole rings is 1. The van der Waals surface area contributed by atoms with Crippen molar-refractivity contribution in [1.82, 2.24) is 19.3 Å². The highest BCUT2D eigenvalue weighted by atomic mass is 19.3. The number of anilines is 1. The standard InChI is InChI=1S/C26H28F3N5O2/c1-13(16-7-6-8-19(22(16)27)26(28,29)25(3,4)36)30-23-18-12-21-20(11-17(18)14(2)31-32-23)33(5)24(35)34(21)15-9-10-15/h6-8,11-13,15,36H,9-10H2,1-5H3,(H,30,32)/t13-/m1/s1. The Bertz CT molecular complexity index is 1560. The van der Waals surface area contributed by atoms with E-state index in [-0.39, 0.29) is 17.3 Å². The van der Waals surface area contributed by atoms with Gasteiger partial charge in [0.15, 0.2) is 5.82 Å². The lowest BCUT2D eigenvalue weighted by molar-refractivity contribution is -0.170. The van der Waals surface area contributed by atoms with Crippen LogP contribution in [-0.2, 0) is 13.0 Å². The molecule has 2 aromatic heterocycles. The van der Waals surface area contributed by atoms with E-state index < -0.39 is 28.9 Å². The van der Waals surface area contributed by atoms with Crippen molar-refractivity contribution in [2.75, 3.05) is 5.32 Å². The van der Waals surface area contributed by atoms with Gasteiger partial charge in [-0.2, -0.15) is 13.9 Å². The van der Waals surface area contributed by atoms with Gasteiger partial charge in [0.1, 0.15) is 11.4 Å². The number of benzene rings is 2. The maximum Gasteiger partial charge on any atom is 0.329 e. The van der Waals surface area contributed by atoms with Gasteiger partial charge in [-0.15, -0.1) is 5.10 Å². The van der Waals surface area contributed by atoms with E-state index >= 15 is 4.39 Å². The van der Waals surface area contributed by atoms with Gasteiger partial charge < -0.3 is 10.4 Å². The van der Waals surface area contributed by atoms with Crippen LogP contribution in [0.5, 0.6) is 0 Å². The smallest absolute Gasteiger partial charge is 0.329 e. The first kappa shape index (κ1) is 24.3. The highest BCUT2D eigenvalue weighted by molar-refractivity contribution is 6.01. The van der Waals surface area contributed by atoms with Gasteiger partial charge in [-0.1, -0.05) is 12.1 Å². The third-order valence-electron chi connectivity index (χ3n) is 7.04. The van der Waals surface area contributed by atoms with E-state index in [1.54, 1.807) is 23.1 Å². The molecule has 1 saturated carbocycles. The normalized spacial score (nSPS) is 15.6. The molecular formula is C26H28F3N5O2. The first-order valence-corrected chi connectivity index (χ1v) is 11.9. The van der Waals surface area contributed by atoms with Crippen LogP contribution in [0.2, 0.25) is 0 Å². The van der Waals surface area contributed by atoms with Gasteiger partial charge in [-0.05, 0) is 58.7 Å². The Hall–Kier alpha value is -3.40. The van der Waals surface area contributed by atoms with Gasteiger partial charge in [-0.3, -0.25) is 9.13 Å². The molecule has 0 bridgehead atoms. The number of aryl methyl sites for hydroxylation is 2. The Morgan fingerprint density at radius 3 is 2.44 bits per heavy atom. The van der Waals surface area contributed by atoms with Crippen molar-refractivity contribution in [3.63, 3.8) is 0 Å². The first-order valence-electron chi connectivity index (χ1n) is 11.9. The predicted octanol–water partition coefficient (Wildman–Crippen LogP) is 5.10. The Morgan fingerprint density at radius 2 is 1.81 bits per heavy atom. The number of hydrogen-bond donors (Lipinski definition) is 2. The van der Waals surface area contributed by atoms with Crippen LogP contribution in [0.4, 0.5) is 19.0 Å². The van der Waals surface area contributed by atoms with E-state index in [0.717, 1.165) is 49.2 Å². The predicted molar refractivity (Wildman–Crippen MR) is 132 cm³/mol. The third kappa shape index (κ3) is 3.66. The summed E-state index contributed by atoms with van der Waals surface area (Å²) in [5.41, 5.74) is -1.19. The average molecular weight is 500 g/mol. The Kier molecular flexibility index (Phi) is 5.44. The fraction of sp³-hybridized carbons (Fsp3) is 0.423. The number of aromatic nitrogens is 4. The zero-order valence-electron chi connectivity index (χ0n) is 20.7. The van der Waals surface area contributed by atoms with Crippen LogP contribution in [0.3, 0.4) is 0 Å². The zero-order chi connectivity index (χ0) is 26.2. The van der Waals surface area contributed by atoms with Crippen molar-refractivity contribution in [2.45, 2.75) is 64.1 Å². The monoisotopic (exact) mass is 499 g/mol. The van der Waals surface area contributed by atoms with Gasteiger partial charge in [0.25, 0.3) is 0 Å². The summed E-state index contributed by atoms with van der Waals surface area (Å²) in [6.45, 7) is 5.34. The molecule has 190 valence electrons. The molecule has 0 radical (unpaired) electrons. The molecule has 5 rings (SSSR count). The van der Waals surface area contributed by atoms with E-state index in [0.29, 0.717) is 16.9 Å². The summed E-state index contributed by atoms with van der Waals surface area (Å²) in [5, 5.41) is 23.0. The lowest BCUT2D eigenvalue weighted by Crippen LogP contribution is -2.41. The van der Waals surface area contributed by atoms with Crippen LogP contribution in [0.25, 0.3) is 21.8 Å². The molecule has 0 unspecified atom stereocenters. The van der Waals surface area contributed by atoms with Crippen molar-refractivity contribution in [1.29, 1.82) is 0 Å². The second-order valence-corrected chi connectivity index (χ2v) is 10.2. The topological polar surface area (TPSA) is 85.0 Å². The summed E-state index contributed by atoms with van der Waals surface area (Å²) in [4.78, 5) is 12.9. The average Bonchev–Trinajstić information content (AvgIpc) is 3.61. The van der Waals surface area contributed by atoms with Gasteiger partial charge in [0.2, 0.25) is 0 Å². The zero-order valence-corrected chi connectivity index (χ0v) is 20.7. The number of nitrogens with zero attached hydrogens (tertiary/aromatic N) is 4. The van der Waals surface area contributed by atoms with Crippen molar-refractivity contribution in [3.8, 4) is 0 Å². The largest absolute Gasteiger partial charge is 0.384 e. The van der Waals surface area contributed by atoms with Gasteiger partial charge in [0.05, 0.1) is 28.3 Å². The minimum absolute atomic E-state index is 0.00243. The van der Waals surface area contributed by atoms with E-state index in [4.69, 9.17) is 0 Å². The van der Waals surface area contributed by atoms with Crippen LogP contribution in [0.1, 0.15) is 62.5 Å². The molecule has 0 amide bonds. The lowest BCUT2D eigenvalue weighted by atomic mass is 9.91. The van der Waals surface area contributed by atoms with Crippen molar-refractivity contribution in [3.05, 3.63) is 63.5 Å². The van der Waals surface area contributed by atoms with Crippen molar-refractivity contribution >= 4 is 27.6 Å².